The van der Waals surface area contributed by atoms with E-state index in [1.807, 2.05) is 31.2 Å². The van der Waals surface area contributed by atoms with E-state index in [2.05, 4.69) is 5.32 Å². The van der Waals surface area contributed by atoms with Crippen LogP contribution >= 0.6 is 11.6 Å². The standard InChI is InChI=1S/C11H14ClNO/c1-9-4-2-5-10(8-9)13-11(14)6-3-7-12/h2,4-5,8H,3,6-7H2,1H3,(H,13,14). The maximum Gasteiger partial charge on any atom is 0.224 e. The monoisotopic (exact) mass is 211 g/mol. The molecule has 2 nitrogen and oxygen atoms in total. The van der Waals surface area contributed by atoms with E-state index < -0.39 is 0 Å². The summed E-state index contributed by atoms with van der Waals surface area (Å²) in [5.74, 6) is 0.553. The summed E-state index contributed by atoms with van der Waals surface area (Å²) >= 11 is 5.49. The van der Waals surface area contributed by atoms with Gasteiger partial charge in [-0.05, 0) is 31.0 Å². The van der Waals surface area contributed by atoms with Crippen molar-refractivity contribution in [1.29, 1.82) is 0 Å². The number of hydrogen-bond donors (Lipinski definition) is 1. The van der Waals surface area contributed by atoms with Crippen LogP contribution in [0, 0.1) is 6.92 Å². The topological polar surface area (TPSA) is 29.1 Å². The lowest BCUT2D eigenvalue weighted by atomic mass is 10.2. The van der Waals surface area contributed by atoms with Crippen molar-refractivity contribution in [2.75, 3.05) is 11.2 Å². The average Bonchev–Trinajstić information content (AvgIpc) is 2.15. The van der Waals surface area contributed by atoms with E-state index in [1.54, 1.807) is 0 Å². The highest BCUT2D eigenvalue weighted by Crippen LogP contribution is 2.10. The van der Waals surface area contributed by atoms with Crippen LogP contribution in [0.5, 0.6) is 0 Å². The van der Waals surface area contributed by atoms with Gasteiger partial charge in [-0.1, -0.05) is 12.1 Å². The molecule has 0 unspecified atom stereocenters. The maximum absolute atomic E-state index is 11.3. The Morgan fingerprint density at radius 2 is 2.29 bits per heavy atom. The first kappa shape index (κ1) is 11.1. The molecule has 0 bridgehead atoms. The van der Waals surface area contributed by atoms with Gasteiger partial charge in [-0.3, -0.25) is 4.79 Å². The van der Waals surface area contributed by atoms with Crippen LogP contribution in [0.1, 0.15) is 18.4 Å². The van der Waals surface area contributed by atoms with Gasteiger partial charge in [0.2, 0.25) is 5.91 Å². The third-order valence-corrected chi connectivity index (χ3v) is 2.11. The van der Waals surface area contributed by atoms with Crippen LogP contribution in [0.3, 0.4) is 0 Å². The van der Waals surface area contributed by atoms with Crippen molar-refractivity contribution in [3.05, 3.63) is 29.8 Å². The van der Waals surface area contributed by atoms with Crippen LogP contribution in [0.2, 0.25) is 0 Å². The van der Waals surface area contributed by atoms with Crippen molar-refractivity contribution in [2.45, 2.75) is 19.8 Å². The van der Waals surface area contributed by atoms with Crippen LogP contribution in [-0.4, -0.2) is 11.8 Å². The quantitative estimate of drug-likeness (QED) is 0.763. The molecule has 0 fully saturated rings. The van der Waals surface area contributed by atoms with E-state index in [-0.39, 0.29) is 5.91 Å². The van der Waals surface area contributed by atoms with Crippen LogP contribution < -0.4 is 5.32 Å². The lowest BCUT2D eigenvalue weighted by molar-refractivity contribution is -0.116. The van der Waals surface area contributed by atoms with E-state index in [4.69, 9.17) is 11.6 Å². The molecule has 3 heteroatoms. The molecule has 0 aromatic heterocycles. The summed E-state index contributed by atoms with van der Waals surface area (Å²) in [5.41, 5.74) is 1.99. The summed E-state index contributed by atoms with van der Waals surface area (Å²) in [4.78, 5) is 11.3. The molecule has 1 N–H and O–H groups in total. The molecule has 1 aromatic rings. The highest BCUT2D eigenvalue weighted by molar-refractivity contribution is 6.18. The highest BCUT2D eigenvalue weighted by atomic mass is 35.5. The van der Waals surface area contributed by atoms with Gasteiger partial charge in [0.05, 0.1) is 0 Å². The Hall–Kier alpha value is -1.02. The largest absolute Gasteiger partial charge is 0.326 e. The number of halogens is 1. The third-order valence-electron chi connectivity index (χ3n) is 1.84. The summed E-state index contributed by atoms with van der Waals surface area (Å²) in [5, 5.41) is 2.82. The summed E-state index contributed by atoms with van der Waals surface area (Å²) in [6.07, 6.45) is 1.21. The van der Waals surface area contributed by atoms with Crippen LogP contribution in [0.25, 0.3) is 0 Å². The molecule has 76 valence electrons. The maximum atomic E-state index is 11.3. The lowest BCUT2D eigenvalue weighted by Gasteiger charge is -2.04. The van der Waals surface area contributed by atoms with Gasteiger partial charge >= 0.3 is 0 Å². The zero-order chi connectivity index (χ0) is 10.4. The fourth-order valence-electron chi connectivity index (χ4n) is 1.17. The first-order chi connectivity index (χ1) is 6.72. The second kappa shape index (κ2) is 5.66. The fourth-order valence-corrected chi connectivity index (χ4v) is 1.31. The van der Waals surface area contributed by atoms with Gasteiger partial charge in [0, 0.05) is 18.0 Å². The average molecular weight is 212 g/mol. The van der Waals surface area contributed by atoms with E-state index in [9.17, 15) is 4.79 Å². The molecule has 0 aliphatic heterocycles. The molecule has 1 aromatic carbocycles. The molecule has 0 heterocycles. The Balaban J connectivity index is 2.47. The zero-order valence-corrected chi connectivity index (χ0v) is 8.97. The minimum Gasteiger partial charge on any atom is -0.326 e. The second-order valence-electron chi connectivity index (χ2n) is 3.21. The molecule has 0 spiro atoms. The molecule has 0 saturated carbocycles. The Morgan fingerprint density at radius 1 is 1.50 bits per heavy atom. The number of rotatable bonds is 4. The van der Waals surface area contributed by atoms with Gasteiger partial charge in [0.15, 0.2) is 0 Å². The highest BCUT2D eigenvalue weighted by Gasteiger charge is 2.00. The number of anilines is 1. The number of nitrogens with one attached hydrogen (secondary N) is 1. The van der Waals surface area contributed by atoms with Gasteiger partial charge in [0.25, 0.3) is 0 Å². The third kappa shape index (κ3) is 3.79. The summed E-state index contributed by atoms with van der Waals surface area (Å²) in [6.45, 7) is 1.99. The summed E-state index contributed by atoms with van der Waals surface area (Å²) in [7, 11) is 0. The normalized spacial score (nSPS) is 9.86. The van der Waals surface area contributed by atoms with Crippen molar-refractivity contribution in [1.82, 2.24) is 0 Å². The van der Waals surface area contributed by atoms with E-state index in [0.717, 1.165) is 17.7 Å². The Morgan fingerprint density at radius 3 is 2.93 bits per heavy atom. The molecule has 0 aliphatic rings. The molecule has 0 radical (unpaired) electrons. The predicted octanol–water partition coefficient (Wildman–Crippen LogP) is 2.95. The number of amides is 1. The first-order valence-corrected chi connectivity index (χ1v) is 5.18. The SMILES string of the molecule is Cc1cccc(NC(=O)CCCCl)c1. The second-order valence-corrected chi connectivity index (χ2v) is 3.59. The number of carbonyl (C=O) groups is 1. The smallest absolute Gasteiger partial charge is 0.224 e. The molecular formula is C11H14ClNO. The van der Waals surface area contributed by atoms with Gasteiger partial charge in [0.1, 0.15) is 0 Å². The van der Waals surface area contributed by atoms with Crippen LogP contribution in [-0.2, 0) is 4.79 Å². The predicted molar refractivity (Wildman–Crippen MR) is 59.8 cm³/mol. The molecule has 1 rings (SSSR count). The Labute approximate surface area is 89.3 Å². The number of benzene rings is 1. The first-order valence-electron chi connectivity index (χ1n) is 4.65. The van der Waals surface area contributed by atoms with Gasteiger partial charge in [-0.25, -0.2) is 0 Å². The minimum atomic E-state index is 0.0243. The van der Waals surface area contributed by atoms with Crippen molar-refractivity contribution in [3.8, 4) is 0 Å². The number of carbonyl (C=O) groups excluding carboxylic acids is 1. The van der Waals surface area contributed by atoms with Gasteiger partial charge in [-0.15, -0.1) is 11.6 Å². The summed E-state index contributed by atoms with van der Waals surface area (Å²) < 4.78 is 0. The van der Waals surface area contributed by atoms with E-state index >= 15 is 0 Å². The van der Waals surface area contributed by atoms with E-state index in [0.29, 0.717) is 12.3 Å². The van der Waals surface area contributed by atoms with Gasteiger partial charge < -0.3 is 5.32 Å². The number of alkyl halides is 1. The van der Waals surface area contributed by atoms with Crippen molar-refractivity contribution in [3.63, 3.8) is 0 Å². The fraction of sp³-hybridized carbons (Fsp3) is 0.364. The zero-order valence-electron chi connectivity index (χ0n) is 8.22. The van der Waals surface area contributed by atoms with Crippen LogP contribution in [0.15, 0.2) is 24.3 Å². The summed E-state index contributed by atoms with van der Waals surface area (Å²) in [6, 6.07) is 7.74. The Bertz CT molecular complexity index is 312. The molecule has 0 aliphatic carbocycles. The molecule has 0 atom stereocenters. The molecule has 14 heavy (non-hydrogen) atoms. The van der Waals surface area contributed by atoms with Gasteiger partial charge in [-0.2, -0.15) is 0 Å². The lowest BCUT2D eigenvalue weighted by Crippen LogP contribution is -2.11. The minimum absolute atomic E-state index is 0.0243. The molecule has 0 saturated heterocycles. The Kier molecular flexibility index (Phi) is 4.47. The number of hydrogen-bond acceptors (Lipinski definition) is 1. The molecule has 1 amide bonds. The van der Waals surface area contributed by atoms with Crippen LogP contribution in [0.4, 0.5) is 5.69 Å². The van der Waals surface area contributed by atoms with Crippen molar-refractivity contribution in [2.24, 2.45) is 0 Å². The number of aryl methyl sites for hydroxylation is 1. The van der Waals surface area contributed by atoms with E-state index in [1.165, 1.54) is 0 Å². The van der Waals surface area contributed by atoms with Crippen molar-refractivity contribution < 1.29 is 4.79 Å². The van der Waals surface area contributed by atoms with Crippen molar-refractivity contribution >= 4 is 23.2 Å². The molecular weight excluding hydrogens is 198 g/mol.